The maximum atomic E-state index is 13.7. The Morgan fingerprint density at radius 2 is 1.71 bits per heavy atom. The number of nitrogens with one attached hydrogen (secondary N) is 2. The monoisotopic (exact) mass is 383 g/mol. The van der Waals surface area contributed by atoms with E-state index in [4.69, 9.17) is 9.47 Å². The van der Waals surface area contributed by atoms with Crippen LogP contribution in [-0.4, -0.2) is 24.1 Å². The Balaban J connectivity index is 1.46. The molecule has 0 fully saturated rings. The quantitative estimate of drug-likeness (QED) is 0.709. The summed E-state index contributed by atoms with van der Waals surface area (Å²) < 4.78 is 38.3. The smallest absolute Gasteiger partial charge is 0.257 e. The molecule has 2 N–H and O–H groups in total. The zero-order valence-corrected chi connectivity index (χ0v) is 14.5. The molecule has 3 aromatic rings. The van der Waals surface area contributed by atoms with Crippen LogP contribution >= 0.6 is 0 Å². The molecule has 28 heavy (non-hydrogen) atoms. The molecule has 4 rings (SSSR count). The summed E-state index contributed by atoms with van der Waals surface area (Å²) >= 11 is 0. The van der Waals surface area contributed by atoms with Crippen LogP contribution in [0.4, 0.5) is 26.0 Å². The van der Waals surface area contributed by atoms with Crippen LogP contribution in [0.25, 0.3) is 0 Å². The molecule has 6 nitrogen and oxygen atoms in total. The van der Waals surface area contributed by atoms with Gasteiger partial charge in [0.2, 0.25) is 0 Å². The fourth-order valence-electron chi connectivity index (χ4n) is 2.67. The number of carbonyl (C=O) groups excluding carboxylic acids is 1. The van der Waals surface area contributed by atoms with Gasteiger partial charge < -0.3 is 20.1 Å². The molecule has 1 amide bonds. The Kier molecular flexibility index (Phi) is 4.76. The van der Waals surface area contributed by atoms with E-state index in [0.717, 1.165) is 17.8 Å². The van der Waals surface area contributed by atoms with Gasteiger partial charge in [-0.2, -0.15) is 0 Å². The Morgan fingerprint density at radius 3 is 2.43 bits per heavy atom. The van der Waals surface area contributed by atoms with Crippen LogP contribution in [-0.2, 0) is 0 Å². The molecule has 0 bridgehead atoms. The first-order valence-electron chi connectivity index (χ1n) is 8.48. The number of anilines is 3. The molecule has 2 heterocycles. The molecule has 0 unspecified atom stereocenters. The number of halogens is 2. The Bertz CT molecular complexity index is 1010. The predicted molar refractivity (Wildman–Crippen MR) is 99.3 cm³/mol. The summed E-state index contributed by atoms with van der Waals surface area (Å²) in [4.78, 5) is 16.4. The lowest BCUT2D eigenvalue weighted by molar-refractivity contribution is 0.102. The highest BCUT2D eigenvalue weighted by Gasteiger charge is 2.14. The first kappa shape index (κ1) is 17.7. The van der Waals surface area contributed by atoms with Crippen LogP contribution in [0, 0.1) is 11.6 Å². The van der Waals surface area contributed by atoms with Crippen molar-refractivity contribution in [3.05, 3.63) is 71.9 Å². The van der Waals surface area contributed by atoms with Crippen molar-refractivity contribution in [3.8, 4) is 11.5 Å². The number of pyridine rings is 1. The summed E-state index contributed by atoms with van der Waals surface area (Å²) in [7, 11) is 0. The topological polar surface area (TPSA) is 72.5 Å². The van der Waals surface area contributed by atoms with Gasteiger partial charge in [-0.25, -0.2) is 13.8 Å². The number of benzene rings is 2. The summed E-state index contributed by atoms with van der Waals surface area (Å²) in [6.07, 6.45) is 1.31. The minimum absolute atomic E-state index is 0.162. The lowest BCUT2D eigenvalue weighted by Gasteiger charge is -2.19. The Morgan fingerprint density at radius 1 is 0.964 bits per heavy atom. The number of nitrogens with zero attached hydrogens (tertiary/aromatic N) is 1. The van der Waals surface area contributed by atoms with Gasteiger partial charge in [-0.05, 0) is 36.4 Å². The lowest BCUT2D eigenvalue weighted by Crippen LogP contribution is -2.15. The molecule has 0 radical (unpaired) electrons. The highest BCUT2D eigenvalue weighted by molar-refractivity contribution is 6.04. The Labute approximate surface area is 159 Å². The van der Waals surface area contributed by atoms with Gasteiger partial charge in [0, 0.05) is 18.0 Å². The number of aromatic nitrogens is 1. The molecule has 0 spiro atoms. The van der Waals surface area contributed by atoms with E-state index in [1.807, 2.05) is 6.07 Å². The van der Waals surface area contributed by atoms with Crippen LogP contribution in [0.5, 0.6) is 11.5 Å². The molecule has 0 saturated carbocycles. The first-order valence-corrected chi connectivity index (χ1v) is 8.48. The van der Waals surface area contributed by atoms with E-state index in [2.05, 4.69) is 15.6 Å². The molecule has 0 aliphatic carbocycles. The van der Waals surface area contributed by atoms with Crippen molar-refractivity contribution in [1.29, 1.82) is 0 Å². The van der Waals surface area contributed by atoms with Gasteiger partial charge in [-0.3, -0.25) is 4.79 Å². The largest absolute Gasteiger partial charge is 0.486 e. The van der Waals surface area contributed by atoms with Gasteiger partial charge in [0.15, 0.2) is 11.5 Å². The molecule has 8 heteroatoms. The highest BCUT2D eigenvalue weighted by Crippen LogP contribution is 2.33. The summed E-state index contributed by atoms with van der Waals surface area (Å²) in [5, 5.41) is 5.31. The number of fused-ring (bicyclic) bond motifs is 1. The minimum Gasteiger partial charge on any atom is -0.486 e. The van der Waals surface area contributed by atoms with E-state index in [1.54, 1.807) is 18.2 Å². The average Bonchev–Trinajstić information content (AvgIpc) is 2.71. The van der Waals surface area contributed by atoms with Gasteiger partial charge in [0.25, 0.3) is 5.91 Å². The molecule has 0 saturated heterocycles. The first-order chi connectivity index (χ1) is 13.6. The summed E-state index contributed by atoms with van der Waals surface area (Å²) in [6.45, 7) is 1.00. The SMILES string of the molecule is O=C(Nc1c(F)cccc1F)c1ccc(Nc2ccc3c(c2)OCCO3)nc1. The molecular weight excluding hydrogens is 368 g/mol. The van der Waals surface area contributed by atoms with Crippen molar-refractivity contribution in [3.63, 3.8) is 0 Å². The Hall–Kier alpha value is -3.68. The third kappa shape index (κ3) is 3.71. The molecular formula is C20H15F2N3O3. The van der Waals surface area contributed by atoms with E-state index in [9.17, 15) is 13.6 Å². The minimum atomic E-state index is -0.849. The van der Waals surface area contributed by atoms with Gasteiger partial charge in [-0.15, -0.1) is 0 Å². The lowest BCUT2D eigenvalue weighted by atomic mass is 10.2. The van der Waals surface area contributed by atoms with Crippen molar-refractivity contribution < 1.29 is 23.0 Å². The fraction of sp³-hybridized carbons (Fsp3) is 0.100. The zero-order valence-electron chi connectivity index (χ0n) is 14.5. The molecule has 1 aliphatic heterocycles. The molecule has 2 aromatic carbocycles. The molecule has 1 aliphatic rings. The second-order valence-electron chi connectivity index (χ2n) is 5.97. The second-order valence-corrected chi connectivity index (χ2v) is 5.97. The van der Waals surface area contributed by atoms with Crippen molar-refractivity contribution in [1.82, 2.24) is 4.98 Å². The number of carbonyl (C=O) groups is 1. The maximum Gasteiger partial charge on any atom is 0.257 e. The fourth-order valence-corrected chi connectivity index (χ4v) is 2.67. The standard InChI is InChI=1S/C20H15F2N3O3/c21-14-2-1-3-15(22)19(14)25-20(26)12-4-7-18(23-11-12)24-13-5-6-16-17(10-13)28-9-8-27-16/h1-7,10-11H,8-9H2,(H,23,24)(H,25,26). The van der Waals surface area contributed by atoms with Crippen molar-refractivity contribution >= 4 is 23.1 Å². The number of ether oxygens (including phenoxy) is 2. The zero-order chi connectivity index (χ0) is 19.5. The van der Waals surface area contributed by atoms with E-state index in [1.165, 1.54) is 18.3 Å². The van der Waals surface area contributed by atoms with Crippen molar-refractivity contribution in [2.75, 3.05) is 23.8 Å². The van der Waals surface area contributed by atoms with Gasteiger partial charge >= 0.3 is 0 Å². The molecule has 1 aromatic heterocycles. The van der Waals surface area contributed by atoms with Crippen LogP contribution in [0.15, 0.2) is 54.7 Å². The number of para-hydroxylation sites is 1. The van der Waals surface area contributed by atoms with E-state index in [-0.39, 0.29) is 5.56 Å². The van der Waals surface area contributed by atoms with Crippen LogP contribution in [0.1, 0.15) is 10.4 Å². The maximum absolute atomic E-state index is 13.7. The summed E-state index contributed by atoms with van der Waals surface area (Å²) in [5.74, 6) is -0.555. The third-order valence-electron chi connectivity index (χ3n) is 4.04. The van der Waals surface area contributed by atoms with Crippen molar-refractivity contribution in [2.45, 2.75) is 0 Å². The number of amides is 1. The number of hydrogen-bond acceptors (Lipinski definition) is 5. The number of rotatable bonds is 4. The van der Waals surface area contributed by atoms with Gasteiger partial charge in [0.1, 0.15) is 36.4 Å². The number of hydrogen-bond donors (Lipinski definition) is 2. The van der Waals surface area contributed by atoms with Crippen molar-refractivity contribution in [2.24, 2.45) is 0 Å². The van der Waals surface area contributed by atoms with E-state index >= 15 is 0 Å². The van der Waals surface area contributed by atoms with Crippen LogP contribution < -0.4 is 20.1 Å². The van der Waals surface area contributed by atoms with E-state index in [0.29, 0.717) is 30.5 Å². The predicted octanol–water partition coefficient (Wildman–Crippen LogP) is 4.13. The highest BCUT2D eigenvalue weighted by atomic mass is 19.1. The van der Waals surface area contributed by atoms with Gasteiger partial charge in [0.05, 0.1) is 5.56 Å². The summed E-state index contributed by atoms with van der Waals surface area (Å²) in [5.41, 5.74) is 0.406. The second kappa shape index (κ2) is 7.51. The van der Waals surface area contributed by atoms with Crippen LogP contribution in [0.3, 0.4) is 0 Å². The summed E-state index contributed by atoms with van der Waals surface area (Å²) in [6, 6.07) is 11.8. The average molecular weight is 383 g/mol. The molecule has 142 valence electrons. The normalized spacial score (nSPS) is 12.4. The van der Waals surface area contributed by atoms with E-state index < -0.39 is 23.2 Å². The third-order valence-corrected chi connectivity index (χ3v) is 4.04. The molecule has 0 atom stereocenters. The van der Waals surface area contributed by atoms with Crippen LogP contribution in [0.2, 0.25) is 0 Å². The van der Waals surface area contributed by atoms with Gasteiger partial charge in [-0.1, -0.05) is 6.07 Å².